The molecule has 0 unspecified atom stereocenters. The highest BCUT2D eigenvalue weighted by Crippen LogP contribution is 2.30. The Balaban J connectivity index is 2.38. The molecule has 0 atom stereocenters. The number of hydrogen-bond donors (Lipinski definition) is 0. The molecular formula is C12H6BrF2NO3. The lowest BCUT2D eigenvalue weighted by atomic mass is 10.3. The third-order valence-corrected chi connectivity index (χ3v) is 2.68. The molecule has 2 rings (SSSR count). The second-order valence-electron chi connectivity index (χ2n) is 3.58. The van der Waals surface area contributed by atoms with E-state index in [0.29, 0.717) is 4.47 Å². The molecule has 0 saturated heterocycles. The summed E-state index contributed by atoms with van der Waals surface area (Å²) in [6.07, 6.45) is 0. The minimum absolute atomic E-state index is 0.149. The fourth-order valence-corrected chi connectivity index (χ4v) is 1.73. The van der Waals surface area contributed by atoms with E-state index < -0.39 is 22.2 Å². The molecule has 4 nitrogen and oxygen atoms in total. The number of ether oxygens (including phenoxy) is 1. The second-order valence-corrected chi connectivity index (χ2v) is 4.49. The van der Waals surface area contributed by atoms with Crippen LogP contribution in [0.1, 0.15) is 0 Å². The SMILES string of the molecule is O=[N+]([O-])c1cc(F)cc(Oc2cc(Br)ccc2F)c1. The van der Waals surface area contributed by atoms with E-state index in [1.165, 1.54) is 12.1 Å². The quantitative estimate of drug-likeness (QED) is 0.618. The van der Waals surface area contributed by atoms with Crippen molar-refractivity contribution in [1.82, 2.24) is 0 Å². The molecule has 0 N–H and O–H groups in total. The van der Waals surface area contributed by atoms with Crippen molar-refractivity contribution in [2.45, 2.75) is 0 Å². The number of non-ortho nitro benzene ring substituents is 1. The molecule has 0 aliphatic carbocycles. The summed E-state index contributed by atoms with van der Waals surface area (Å²) in [5.74, 6) is -1.80. The van der Waals surface area contributed by atoms with E-state index in [1.807, 2.05) is 0 Å². The molecule has 0 radical (unpaired) electrons. The van der Waals surface area contributed by atoms with Crippen LogP contribution in [0.15, 0.2) is 40.9 Å². The topological polar surface area (TPSA) is 52.4 Å². The maximum Gasteiger partial charge on any atom is 0.276 e. The fraction of sp³-hybridized carbons (Fsp3) is 0. The number of nitro groups is 1. The average Bonchev–Trinajstić information content (AvgIpc) is 2.33. The molecule has 0 saturated carbocycles. The molecular weight excluding hydrogens is 324 g/mol. The summed E-state index contributed by atoms with van der Waals surface area (Å²) < 4.78 is 32.3. The van der Waals surface area contributed by atoms with Gasteiger partial charge in [-0.15, -0.1) is 0 Å². The Kier molecular flexibility index (Phi) is 3.75. The summed E-state index contributed by atoms with van der Waals surface area (Å²) >= 11 is 3.13. The van der Waals surface area contributed by atoms with Gasteiger partial charge in [0.05, 0.1) is 17.1 Å². The predicted octanol–water partition coefficient (Wildman–Crippen LogP) is 4.43. The second kappa shape index (κ2) is 5.31. The summed E-state index contributed by atoms with van der Waals surface area (Å²) in [5.41, 5.74) is -0.467. The van der Waals surface area contributed by atoms with Crippen molar-refractivity contribution in [3.05, 3.63) is 62.6 Å². The minimum atomic E-state index is -0.834. The van der Waals surface area contributed by atoms with Crippen LogP contribution in [-0.2, 0) is 0 Å². The molecule has 2 aromatic rings. The first-order chi connectivity index (χ1) is 8.95. The van der Waals surface area contributed by atoms with Crippen LogP contribution >= 0.6 is 15.9 Å². The minimum Gasteiger partial charge on any atom is -0.454 e. The molecule has 0 aromatic heterocycles. The number of nitrogens with zero attached hydrogens (tertiary/aromatic N) is 1. The van der Waals surface area contributed by atoms with Gasteiger partial charge in [-0.1, -0.05) is 15.9 Å². The number of hydrogen-bond acceptors (Lipinski definition) is 3. The van der Waals surface area contributed by atoms with Crippen molar-refractivity contribution in [2.24, 2.45) is 0 Å². The van der Waals surface area contributed by atoms with Crippen LogP contribution in [-0.4, -0.2) is 4.92 Å². The Morgan fingerprint density at radius 1 is 1.16 bits per heavy atom. The summed E-state index contributed by atoms with van der Waals surface area (Å²) in [5, 5.41) is 10.6. The molecule has 0 amide bonds. The third kappa shape index (κ3) is 3.25. The Morgan fingerprint density at radius 3 is 2.58 bits per heavy atom. The summed E-state index contributed by atoms with van der Waals surface area (Å²) in [6, 6.07) is 6.68. The Labute approximate surface area is 114 Å². The van der Waals surface area contributed by atoms with Gasteiger partial charge in [-0.25, -0.2) is 8.78 Å². The van der Waals surface area contributed by atoms with Gasteiger partial charge >= 0.3 is 0 Å². The molecule has 19 heavy (non-hydrogen) atoms. The van der Waals surface area contributed by atoms with Crippen molar-refractivity contribution >= 4 is 21.6 Å². The van der Waals surface area contributed by atoms with Crippen LogP contribution in [0, 0.1) is 21.7 Å². The lowest BCUT2D eigenvalue weighted by molar-refractivity contribution is -0.385. The fourth-order valence-electron chi connectivity index (χ4n) is 1.39. The van der Waals surface area contributed by atoms with Gasteiger partial charge in [0.25, 0.3) is 5.69 Å². The number of nitro benzene ring substituents is 1. The van der Waals surface area contributed by atoms with Crippen molar-refractivity contribution < 1.29 is 18.4 Å². The van der Waals surface area contributed by atoms with Crippen molar-refractivity contribution in [3.8, 4) is 11.5 Å². The average molecular weight is 330 g/mol. The summed E-state index contributed by atoms with van der Waals surface area (Å²) in [4.78, 5) is 9.82. The van der Waals surface area contributed by atoms with Gasteiger partial charge in [-0.3, -0.25) is 10.1 Å². The molecule has 98 valence electrons. The lowest BCUT2D eigenvalue weighted by Crippen LogP contribution is -1.93. The van der Waals surface area contributed by atoms with Crippen LogP contribution in [0.2, 0.25) is 0 Å². The zero-order valence-corrected chi connectivity index (χ0v) is 10.9. The Bertz CT molecular complexity index is 649. The largest absolute Gasteiger partial charge is 0.454 e. The van der Waals surface area contributed by atoms with Gasteiger partial charge in [0.2, 0.25) is 0 Å². The highest BCUT2D eigenvalue weighted by atomic mass is 79.9. The molecule has 0 spiro atoms. The van der Waals surface area contributed by atoms with Crippen molar-refractivity contribution in [3.63, 3.8) is 0 Å². The third-order valence-electron chi connectivity index (χ3n) is 2.19. The highest BCUT2D eigenvalue weighted by molar-refractivity contribution is 9.10. The van der Waals surface area contributed by atoms with Gasteiger partial charge in [0.15, 0.2) is 11.6 Å². The molecule has 0 heterocycles. The van der Waals surface area contributed by atoms with E-state index in [0.717, 1.165) is 24.3 Å². The van der Waals surface area contributed by atoms with Gasteiger partial charge in [0, 0.05) is 10.5 Å². The molecule has 0 bridgehead atoms. The van der Waals surface area contributed by atoms with Crippen LogP contribution < -0.4 is 4.74 Å². The Morgan fingerprint density at radius 2 is 1.89 bits per heavy atom. The Hall–Kier alpha value is -2.02. The van der Waals surface area contributed by atoms with Crippen LogP contribution in [0.25, 0.3) is 0 Å². The van der Waals surface area contributed by atoms with E-state index in [1.54, 1.807) is 0 Å². The molecule has 0 aliphatic rings. The first-order valence-corrected chi connectivity index (χ1v) is 5.83. The standard InChI is InChI=1S/C12H6BrF2NO3/c13-7-1-2-11(15)12(3-7)19-10-5-8(14)4-9(6-10)16(17)18/h1-6H. The molecule has 0 fully saturated rings. The normalized spacial score (nSPS) is 10.3. The predicted molar refractivity (Wildman–Crippen MR) is 67.2 cm³/mol. The van der Waals surface area contributed by atoms with E-state index >= 15 is 0 Å². The van der Waals surface area contributed by atoms with E-state index in [-0.39, 0.29) is 11.5 Å². The first kappa shape index (κ1) is 13.4. The van der Waals surface area contributed by atoms with Crippen LogP contribution in [0.4, 0.5) is 14.5 Å². The highest BCUT2D eigenvalue weighted by Gasteiger charge is 2.13. The lowest BCUT2D eigenvalue weighted by Gasteiger charge is -2.07. The zero-order valence-electron chi connectivity index (χ0n) is 9.27. The monoisotopic (exact) mass is 329 g/mol. The smallest absolute Gasteiger partial charge is 0.276 e. The van der Waals surface area contributed by atoms with Gasteiger partial charge < -0.3 is 4.74 Å². The zero-order chi connectivity index (χ0) is 14.0. The van der Waals surface area contributed by atoms with E-state index in [4.69, 9.17) is 4.74 Å². The van der Waals surface area contributed by atoms with Crippen LogP contribution in [0.3, 0.4) is 0 Å². The van der Waals surface area contributed by atoms with Crippen molar-refractivity contribution in [1.29, 1.82) is 0 Å². The molecule has 7 heteroatoms. The van der Waals surface area contributed by atoms with E-state index in [2.05, 4.69) is 15.9 Å². The summed E-state index contributed by atoms with van der Waals surface area (Å²) in [6.45, 7) is 0. The number of rotatable bonds is 3. The number of halogens is 3. The van der Waals surface area contributed by atoms with Gasteiger partial charge in [0.1, 0.15) is 11.6 Å². The molecule has 2 aromatic carbocycles. The van der Waals surface area contributed by atoms with Gasteiger partial charge in [-0.2, -0.15) is 0 Å². The maximum atomic E-state index is 13.4. The first-order valence-electron chi connectivity index (χ1n) is 5.03. The number of benzene rings is 2. The summed E-state index contributed by atoms with van der Waals surface area (Å²) in [7, 11) is 0. The molecule has 0 aliphatic heterocycles. The van der Waals surface area contributed by atoms with E-state index in [9.17, 15) is 18.9 Å². The van der Waals surface area contributed by atoms with Crippen molar-refractivity contribution in [2.75, 3.05) is 0 Å². The van der Waals surface area contributed by atoms with Gasteiger partial charge in [-0.05, 0) is 18.2 Å². The maximum absolute atomic E-state index is 13.4. The van der Waals surface area contributed by atoms with Crippen LogP contribution in [0.5, 0.6) is 11.5 Å².